The molecule has 0 spiro atoms. The maximum Gasteiger partial charge on any atom is 0.184 e. The Hall–Kier alpha value is -1.40. The number of anilines is 1. The number of rotatable bonds is 0. The number of thiazole rings is 1. The highest BCUT2D eigenvalue weighted by Crippen LogP contribution is 2.40. The molecule has 2 aromatic rings. The van der Waals surface area contributed by atoms with Crippen LogP contribution in [0.25, 0.3) is 11.3 Å². The van der Waals surface area contributed by atoms with Gasteiger partial charge in [-0.1, -0.05) is 18.2 Å². The molecule has 0 bridgehead atoms. The number of nitrogens with zero attached hydrogens (tertiary/aromatic N) is 1. The van der Waals surface area contributed by atoms with Gasteiger partial charge in [-0.2, -0.15) is 0 Å². The molecule has 1 aliphatic rings. The van der Waals surface area contributed by atoms with E-state index in [0.717, 1.165) is 4.88 Å². The molecule has 1 aliphatic heterocycles. The molecular weight excluding hydrogens is 244 g/mol. The summed E-state index contributed by atoms with van der Waals surface area (Å²) < 4.78 is 24.0. The zero-order chi connectivity index (χ0) is 11.3. The summed E-state index contributed by atoms with van der Waals surface area (Å²) in [6.45, 7) is 0. The van der Waals surface area contributed by atoms with E-state index in [1.54, 1.807) is 24.3 Å². The van der Waals surface area contributed by atoms with Crippen molar-refractivity contribution in [3.8, 4) is 11.3 Å². The average molecular weight is 252 g/mol. The molecular formula is C10H8N2O2S2. The van der Waals surface area contributed by atoms with Crippen molar-refractivity contribution in [1.82, 2.24) is 4.98 Å². The highest BCUT2D eigenvalue weighted by atomic mass is 32.2. The number of nitrogens with two attached hydrogens (primary N) is 1. The summed E-state index contributed by atoms with van der Waals surface area (Å²) in [7, 11) is -3.23. The van der Waals surface area contributed by atoms with Gasteiger partial charge in [0, 0.05) is 10.4 Å². The summed E-state index contributed by atoms with van der Waals surface area (Å²) in [5.41, 5.74) is 7.00. The zero-order valence-electron chi connectivity index (χ0n) is 8.17. The summed E-state index contributed by atoms with van der Waals surface area (Å²) in [6.07, 6.45) is 0. The van der Waals surface area contributed by atoms with Crippen molar-refractivity contribution in [2.75, 3.05) is 5.73 Å². The first-order valence-electron chi connectivity index (χ1n) is 4.65. The van der Waals surface area contributed by atoms with Crippen LogP contribution in [0.2, 0.25) is 0 Å². The quantitative estimate of drug-likeness (QED) is 0.774. The average Bonchev–Trinajstić information content (AvgIpc) is 2.58. The number of benzene rings is 1. The molecule has 0 atom stereocenters. The monoisotopic (exact) mass is 252 g/mol. The second kappa shape index (κ2) is 3.05. The normalized spacial score (nSPS) is 16.5. The molecule has 1 aromatic carbocycles. The van der Waals surface area contributed by atoms with E-state index in [0.29, 0.717) is 21.3 Å². The van der Waals surface area contributed by atoms with Gasteiger partial charge in [0.05, 0.1) is 16.3 Å². The molecule has 82 valence electrons. The SMILES string of the molecule is Nc1nc2c(s1)CS(=O)(=O)c1ccccc1-2. The van der Waals surface area contributed by atoms with E-state index in [2.05, 4.69) is 4.98 Å². The van der Waals surface area contributed by atoms with Crippen LogP contribution < -0.4 is 5.73 Å². The summed E-state index contributed by atoms with van der Waals surface area (Å²) >= 11 is 1.24. The number of fused-ring (bicyclic) bond motifs is 3. The molecule has 2 N–H and O–H groups in total. The molecule has 6 heteroatoms. The first-order chi connectivity index (χ1) is 7.58. The third-order valence-electron chi connectivity index (χ3n) is 2.51. The van der Waals surface area contributed by atoms with Crippen molar-refractivity contribution < 1.29 is 8.42 Å². The van der Waals surface area contributed by atoms with Crippen LogP contribution >= 0.6 is 11.3 Å². The van der Waals surface area contributed by atoms with Gasteiger partial charge in [-0.05, 0) is 6.07 Å². The number of sulfone groups is 1. The van der Waals surface area contributed by atoms with Crippen molar-refractivity contribution in [2.45, 2.75) is 10.6 Å². The zero-order valence-corrected chi connectivity index (χ0v) is 9.81. The van der Waals surface area contributed by atoms with Crippen LogP contribution in [0.3, 0.4) is 0 Å². The van der Waals surface area contributed by atoms with E-state index in [9.17, 15) is 8.42 Å². The van der Waals surface area contributed by atoms with Gasteiger partial charge in [0.15, 0.2) is 15.0 Å². The van der Waals surface area contributed by atoms with Gasteiger partial charge < -0.3 is 5.73 Å². The molecule has 0 saturated heterocycles. The van der Waals surface area contributed by atoms with E-state index in [-0.39, 0.29) is 5.75 Å². The van der Waals surface area contributed by atoms with Crippen LogP contribution in [0.5, 0.6) is 0 Å². The highest BCUT2D eigenvalue weighted by Gasteiger charge is 2.30. The lowest BCUT2D eigenvalue weighted by molar-refractivity contribution is 0.595. The lowest BCUT2D eigenvalue weighted by atomic mass is 10.1. The lowest BCUT2D eigenvalue weighted by Crippen LogP contribution is -2.11. The van der Waals surface area contributed by atoms with Crippen LogP contribution in [-0.4, -0.2) is 13.4 Å². The third-order valence-corrected chi connectivity index (χ3v) is 5.27. The molecule has 4 nitrogen and oxygen atoms in total. The van der Waals surface area contributed by atoms with Crippen LogP contribution in [-0.2, 0) is 15.6 Å². The Bertz CT molecular complexity index is 674. The molecule has 0 unspecified atom stereocenters. The molecule has 2 heterocycles. The van der Waals surface area contributed by atoms with Crippen LogP contribution in [0, 0.1) is 0 Å². The second-order valence-electron chi connectivity index (χ2n) is 3.58. The van der Waals surface area contributed by atoms with Crippen molar-refractivity contribution in [1.29, 1.82) is 0 Å². The van der Waals surface area contributed by atoms with Gasteiger partial charge in [0.2, 0.25) is 0 Å². The number of hydrogen-bond acceptors (Lipinski definition) is 5. The van der Waals surface area contributed by atoms with Crippen molar-refractivity contribution in [3.05, 3.63) is 29.1 Å². The topological polar surface area (TPSA) is 73.0 Å². The minimum absolute atomic E-state index is 0.00815. The Balaban J connectivity index is 2.41. The Morgan fingerprint density at radius 2 is 2.06 bits per heavy atom. The summed E-state index contributed by atoms with van der Waals surface area (Å²) in [4.78, 5) is 5.28. The molecule has 1 aromatic heterocycles. The van der Waals surface area contributed by atoms with Crippen molar-refractivity contribution in [2.24, 2.45) is 0 Å². The van der Waals surface area contributed by atoms with E-state index in [1.807, 2.05) is 0 Å². The van der Waals surface area contributed by atoms with E-state index in [1.165, 1.54) is 11.3 Å². The smallest absolute Gasteiger partial charge is 0.184 e. The lowest BCUT2D eigenvalue weighted by Gasteiger charge is -2.14. The van der Waals surface area contributed by atoms with Crippen molar-refractivity contribution >= 4 is 26.3 Å². The van der Waals surface area contributed by atoms with Gasteiger partial charge >= 0.3 is 0 Å². The molecule has 0 aliphatic carbocycles. The largest absolute Gasteiger partial charge is 0.375 e. The van der Waals surface area contributed by atoms with Gasteiger partial charge in [0.25, 0.3) is 0 Å². The van der Waals surface area contributed by atoms with Gasteiger partial charge in [0.1, 0.15) is 0 Å². The summed E-state index contributed by atoms with van der Waals surface area (Å²) in [5.74, 6) is 0.00815. The molecule has 16 heavy (non-hydrogen) atoms. The fourth-order valence-corrected chi connectivity index (χ4v) is 4.63. The maximum absolute atomic E-state index is 12.0. The molecule has 3 rings (SSSR count). The molecule has 0 saturated carbocycles. The van der Waals surface area contributed by atoms with E-state index >= 15 is 0 Å². The number of nitrogen functional groups attached to an aromatic ring is 1. The van der Waals surface area contributed by atoms with Gasteiger partial charge in [-0.3, -0.25) is 0 Å². The standard InChI is InChI=1S/C10H8N2O2S2/c11-10-12-9-6-3-1-2-4-8(6)16(13,14)5-7(9)15-10/h1-4H,5H2,(H2,11,12). The Labute approximate surface area is 96.7 Å². The molecule has 0 radical (unpaired) electrons. The summed E-state index contributed by atoms with van der Waals surface area (Å²) in [6, 6.07) is 6.91. The third kappa shape index (κ3) is 1.27. The van der Waals surface area contributed by atoms with Crippen LogP contribution in [0.15, 0.2) is 29.2 Å². The fourth-order valence-electron chi connectivity index (χ4n) is 1.86. The number of aromatic nitrogens is 1. The van der Waals surface area contributed by atoms with E-state index in [4.69, 9.17) is 5.73 Å². The minimum atomic E-state index is -3.23. The first-order valence-corrected chi connectivity index (χ1v) is 7.12. The Kier molecular flexibility index (Phi) is 1.87. The predicted octanol–water partition coefficient (Wildman–Crippen LogP) is 1.68. The first kappa shape index (κ1) is 9.80. The van der Waals surface area contributed by atoms with E-state index < -0.39 is 9.84 Å². The van der Waals surface area contributed by atoms with Crippen molar-refractivity contribution in [3.63, 3.8) is 0 Å². The maximum atomic E-state index is 12.0. The van der Waals surface area contributed by atoms with Crippen LogP contribution in [0.4, 0.5) is 5.13 Å². The number of hydrogen-bond donors (Lipinski definition) is 1. The fraction of sp³-hybridized carbons (Fsp3) is 0.100. The second-order valence-corrected chi connectivity index (χ2v) is 6.65. The Morgan fingerprint density at radius 3 is 2.88 bits per heavy atom. The van der Waals surface area contributed by atoms with Gasteiger partial charge in [-0.15, -0.1) is 11.3 Å². The molecule has 0 amide bonds. The highest BCUT2D eigenvalue weighted by molar-refractivity contribution is 7.91. The summed E-state index contributed by atoms with van der Waals surface area (Å²) in [5, 5.41) is 0.414. The molecule has 0 fully saturated rings. The van der Waals surface area contributed by atoms with Gasteiger partial charge in [-0.25, -0.2) is 13.4 Å². The predicted molar refractivity (Wildman–Crippen MR) is 62.9 cm³/mol. The van der Waals surface area contributed by atoms with Crippen LogP contribution in [0.1, 0.15) is 4.88 Å². The Morgan fingerprint density at radius 1 is 1.31 bits per heavy atom. The minimum Gasteiger partial charge on any atom is -0.375 e.